The van der Waals surface area contributed by atoms with E-state index in [4.69, 9.17) is 0 Å². The number of rotatable bonds is 2. The molecule has 0 aromatic carbocycles. The van der Waals surface area contributed by atoms with Gasteiger partial charge in [0.25, 0.3) is 0 Å². The van der Waals surface area contributed by atoms with Crippen LogP contribution in [0.3, 0.4) is 0 Å². The molecule has 0 bridgehead atoms. The first-order valence-corrected chi connectivity index (χ1v) is 4.00. The van der Waals surface area contributed by atoms with E-state index < -0.39 is 0 Å². The van der Waals surface area contributed by atoms with Crippen molar-refractivity contribution < 1.29 is 4.79 Å². The maximum absolute atomic E-state index is 10.5. The van der Waals surface area contributed by atoms with Gasteiger partial charge >= 0.3 is 0 Å². The lowest BCUT2D eigenvalue weighted by Gasteiger charge is -2.16. The molecular formula is C9H13NO. The number of nitrogens with zero attached hydrogens (tertiary/aromatic N) is 1. The predicted octanol–water partition coefficient (Wildman–Crippen LogP) is 0.673. The molecule has 11 heavy (non-hydrogen) atoms. The molecule has 1 rings (SSSR count). The predicted molar refractivity (Wildman–Crippen MR) is 44.1 cm³/mol. The van der Waals surface area contributed by atoms with Crippen molar-refractivity contribution in [3.63, 3.8) is 0 Å². The van der Waals surface area contributed by atoms with Gasteiger partial charge in [-0.25, -0.2) is 0 Å². The van der Waals surface area contributed by atoms with Crippen LogP contribution in [0.2, 0.25) is 0 Å². The first kappa shape index (κ1) is 8.29. The summed E-state index contributed by atoms with van der Waals surface area (Å²) in [6, 6.07) is -0.150. The lowest BCUT2D eigenvalue weighted by Crippen LogP contribution is -2.32. The molecule has 0 aromatic heterocycles. The quantitative estimate of drug-likeness (QED) is 0.427. The Morgan fingerprint density at radius 2 is 2.09 bits per heavy atom. The Bertz CT molecular complexity index is 183. The zero-order valence-corrected chi connectivity index (χ0v) is 6.84. The highest BCUT2D eigenvalue weighted by molar-refractivity contribution is 5.63. The lowest BCUT2D eigenvalue weighted by molar-refractivity contribution is -0.110. The van der Waals surface area contributed by atoms with Gasteiger partial charge in [-0.1, -0.05) is 5.92 Å². The van der Waals surface area contributed by atoms with Gasteiger partial charge < -0.3 is 4.79 Å². The Balaban J connectivity index is 2.50. The van der Waals surface area contributed by atoms with E-state index >= 15 is 0 Å². The van der Waals surface area contributed by atoms with Crippen molar-refractivity contribution in [1.82, 2.24) is 4.90 Å². The van der Waals surface area contributed by atoms with Crippen molar-refractivity contribution >= 4 is 6.29 Å². The number of carbonyl (C=O) groups is 1. The van der Waals surface area contributed by atoms with Gasteiger partial charge in [0.15, 0.2) is 0 Å². The van der Waals surface area contributed by atoms with Crippen molar-refractivity contribution in [2.75, 3.05) is 13.1 Å². The van der Waals surface area contributed by atoms with Crippen LogP contribution in [0.15, 0.2) is 0 Å². The molecule has 1 unspecified atom stereocenters. The van der Waals surface area contributed by atoms with E-state index in [0.29, 0.717) is 0 Å². The van der Waals surface area contributed by atoms with Crippen LogP contribution in [-0.4, -0.2) is 30.3 Å². The Morgan fingerprint density at radius 3 is 2.55 bits per heavy atom. The van der Waals surface area contributed by atoms with Crippen molar-refractivity contribution in [1.29, 1.82) is 0 Å². The highest BCUT2D eigenvalue weighted by atomic mass is 16.1. The molecular weight excluding hydrogens is 138 g/mol. The molecule has 1 aliphatic rings. The molecule has 0 aliphatic carbocycles. The van der Waals surface area contributed by atoms with E-state index in [1.54, 1.807) is 6.92 Å². The third-order valence-electron chi connectivity index (χ3n) is 1.96. The zero-order chi connectivity index (χ0) is 8.10. The second-order valence-corrected chi connectivity index (χ2v) is 2.72. The largest absolute Gasteiger partial charge is 0.301 e. The number of likely N-dealkylation sites (tertiary alicyclic amines) is 1. The van der Waals surface area contributed by atoms with Crippen LogP contribution < -0.4 is 0 Å². The van der Waals surface area contributed by atoms with Gasteiger partial charge in [0, 0.05) is 0 Å². The van der Waals surface area contributed by atoms with Crippen molar-refractivity contribution in [3.8, 4) is 11.8 Å². The lowest BCUT2D eigenvalue weighted by atomic mass is 10.3. The molecule has 2 heteroatoms. The van der Waals surface area contributed by atoms with Crippen LogP contribution >= 0.6 is 0 Å². The average Bonchev–Trinajstić information content (AvgIpc) is 2.52. The summed E-state index contributed by atoms with van der Waals surface area (Å²) in [6.45, 7) is 3.82. The molecule has 0 saturated carbocycles. The van der Waals surface area contributed by atoms with Crippen LogP contribution in [0.1, 0.15) is 19.8 Å². The molecule has 1 saturated heterocycles. The van der Waals surface area contributed by atoms with Gasteiger partial charge in [0.2, 0.25) is 0 Å². The Kier molecular flexibility index (Phi) is 3.13. The monoisotopic (exact) mass is 151 g/mol. The van der Waals surface area contributed by atoms with Crippen LogP contribution in [0, 0.1) is 11.8 Å². The van der Waals surface area contributed by atoms with Gasteiger partial charge in [-0.15, -0.1) is 5.92 Å². The molecule has 0 spiro atoms. The third-order valence-corrected chi connectivity index (χ3v) is 1.96. The molecule has 0 radical (unpaired) electrons. The summed E-state index contributed by atoms with van der Waals surface area (Å²) < 4.78 is 0. The molecule has 1 fully saturated rings. The van der Waals surface area contributed by atoms with E-state index in [1.807, 2.05) is 0 Å². The molecule has 2 nitrogen and oxygen atoms in total. The van der Waals surface area contributed by atoms with Crippen LogP contribution in [0.25, 0.3) is 0 Å². The van der Waals surface area contributed by atoms with E-state index in [2.05, 4.69) is 16.7 Å². The average molecular weight is 151 g/mol. The van der Waals surface area contributed by atoms with Crippen molar-refractivity contribution in [3.05, 3.63) is 0 Å². The third kappa shape index (κ3) is 2.06. The van der Waals surface area contributed by atoms with Crippen molar-refractivity contribution in [2.24, 2.45) is 0 Å². The molecule has 60 valence electrons. The minimum absolute atomic E-state index is 0.150. The summed E-state index contributed by atoms with van der Waals surface area (Å²) in [7, 11) is 0. The molecule has 0 N–H and O–H groups in total. The topological polar surface area (TPSA) is 20.3 Å². The number of hydrogen-bond acceptors (Lipinski definition) is 2. The van der Waals surface area contributed by atoms with Crippen LogP contribution in [0.4, 0.5) is 0 Å². The number of carbonyl (C=O) groups excluding carboxylic acids is 1. The maximum Gasteiger partial charge on any atom is 0.149 e. The summed E-state index contributed by atoms with van der Waals surface area (Å²) in [6.07, 6.45) is 3.34. The van der Waals surface area contributed by atoms with Gasteiger partial charge in [0.05, 0.1) is 0 Å². The first-order valence-electron chi connectivity index (χ1n) is 4.00. The van der Waals surface area contributed by atoms with Gasteiger partial charge in [0.1, 0.15) is 12.3 Å². The zero-order valence-electron chi connectivity index (χ0n) is 6.84. The highest BCUT2D eigenvalue weighted by Crippen LogP contribution is 2.09. The van der Waals surface area contributed by atoms with Crippen LogP contribution in [0.5, 0.6) is 0 Å². The first-order chi connectivity index (χ1) is 5.38. The van der Waals surface area contributed by atoms with Gasteiger partial charge in [-0.2, -0.15) is 0 Å². The molecule has 1 heterocycles. The van der Waals surface area contributed by atoms with Gasteiger partial charge in [-0.05, 0) is 32.9 Å². The maximum atomic E-state index is 10.5. The summed E-state index contributed by atoms with van der Waals surface area (Å²) in [5.74, 6) is 5.65. The Labute approximate surface area is 67.6 Å². The molecule has 1 aliphatic heterocycles. The highest BCUT2D eigenvalue weighted by Gasteiger charge is 2.18. The van der Waals surface area contributed by atoms with E-state index in [1.165, 1.54) is 12.8 Å². The standard InChI is InChI=1S/C9H13NO/c1-2-5-9(8-11)10-6-3-4-7-10/h8-9H,3-4,6-7H2,1H3. The summed E-state index contributed by atoms with van der Waals surface area (Å²) >= 11 is 0. The summed E-state index contributed by atoms with van der Waals surface area (Å²) in [4.78, 5) is 12.7. The molecule has 0 amide bonds. The Hall–Kier alpha value is -0.810. The SMILES string of the molecule is CC#CC(C=O)N1CCCC1. The van der Waals surface area contributed by atoms with Gasteiger partial charge in [-0.3, -0.25) is 4.90 Å². The summed E-state index contributed by atoms with van der Waals surface area (Å²) in [5, 5.41) is 0. The van der Waals surface area contributed by atoms with E-state index in [0.717, 1.165) is 19.4 Å². The minimum Gasteiger partial charge on any atom is -0.301 e. The van der Waals surface area contributed by atoms with Crippen molar-refractivity contribution in [2.45, 2.75) is 25.8 Å². The number of aldehydes is 1. The van der Waals surface area contributed by atoms with E-state index in [9.17, 15) is 4.79 Å². The molecule has 1 atom stereocenters. The smallest absolute Gasteiger partial charge is 0.149 e. The fourth-order valence-corrected chi connectivity index (χ4v) is 1.38. The second-order valence-electron chi connectivity index (χ2n) is 2.72. The second kappa shape index (κ2) is 4.15. The minimum atomic E-state index is -0.150. The normalized spacial score (nSPS) is 20.5. The fraction of sp³-hybridized carbons (Fsp3) is 0.667. The van der Waals surface area contributed by atoms with E-state index in [-0.39, 0.29) is 6.04 Å². The fourth-order valence-electron chi connectivity index (χ4n) is 1.38. The summed E-state index contributed by atoms with van der Waals surface area (Å²) in [5.41, 5.74) is 0. The Morgan fingerprint density at radius 1 is 1.45 bits per heavy atom. The molecule has 0 aromatic rings. The van der Waals surface area contributed by atoms with Crippen LogP contribution in [-0.2, 0) is 4.79 Å². The number of hydrogen-bond donors (Lipinski definition) is 0.